The molecule has 0 aliphatic carbocycles. The van der Waals surface area contributed by atoms with E-state index in [1.54, 1.807) is 12.0 Å². The summed E-state index contributed by atoms with van der Waals surface area (Å²) < 4.78 is 5.06. The summed E-state index contributed by atoms with van der Waals surface area (Å²) in [6.45, 7) is 5.51. The van der Waals surface area contributed by atoms with Crippen molar-refractivity contribution in [2.45, 2.75) is 38.3 Å². The van der Waals surface area contributed by atoms with Gasteiger partial charge in [0.2, 0.25) is 5.91 Å². The van der Waals surface area contributed by atoms with Gasteiger partial charge < -0.3 is 15.0 Å². The van der Waals surface area contributed by atoms with Gasteiger partial charge in [-0.1, -0.05) is 0 Å². The first-order chi connectivity index (χ1) is 7.01. The highest BCUT2D eigenvalue weighted by Crippen LogP contribution is 2.21. The summed E-state index contributed by atoms with van der Waals surface area (Å²) in [5.74, 6) is 0.171. The van der Waals surface area contributed by atoms with Crippen LogP contribution in [0.4, 0.5) is 0 Å². The van der Waals surface area contributed by atoms with Gasteiger partial charge in [-0.05, 0) is 33.2 Å². The number of nitrogens with zero attached hydrogens (tertiary/aromatic N) is 1. The van der Waals surface area contributed by atoms with Gasteiger partial charge >= 0.3 is 0 Å². The molecule has 1 aliphatic heterocycles. The first-order valence-electron chi connectivity index (χ1n) is 5.52. The fourth-order valence-electron chi connectivity index (χ4n) is 2.02. The Kier molecular flexibility index (Phi) is 4.11. The molecule has 2 atom stereocenters. The monoisotopic (exact) mass is 214 g/mol. The highest BCUT2D eigenvalue weighted by atomic mass is 16.5. The molecule has 2 unspecified atom stereocenters. The van der Waals surface area contributed by atoms with Crippen LogP contribution in [-0.2, 0) is 9.53 Å². The fourth-order valence-corrected chi connectivity index (χ4v) is 2.02. The molecule has 4 heteroatoms. The number of hydrogen-bond donors (Lipinski definition) is 1. The average Bonchev–Trinajstić information content (AvgIpc) is 2.64. The molecule has 15 heavy (non-hydrogen) atoms. The number of hydrogen-bond acceptors (Lipinski definition) is 3. The maximum Gasteiger partial charge on any atom is 0.242 e. The third-order valence-corrected chi connectivity index (χ3v) is 3.23. The minimum atomic E-state index is -0.364. The molecule has 0 aromatic carbocycles. The van der Waals surface area contributed by atoms with Crippen molar-refractivity contribution in [3.8, 4) is 0 Å². The number of rotatable bonds is 4. The van der Waals surface area contributed by atoms with Crippen molar-refractivity contribution >= 4 is 5.91 Å². The Labute approximate surface area is 92.0 Å². The smallest absolute Gasteiger partial charge is 0.242 e. The number of likely N-dealkylation sites (N-methyl/N-ethyl adjacent to an activating group) is 1. The molecule has 1 N–H and O–H groups in total. The molecule has 0 aromatic heterocycles. The van der Waals surface area contributed by atoms with Crippen LogP contribution in [0.25, 0.3) is 0 Å². The molecule has 0 radical (unpaired) electrons. The third kappa shape index (κ3) is 2.69. The Morgan fingerprint density at radius 3 is 2.80 bits per heavy atom. The Hall–Kier alpha value is -0.610. The summed E-state index contributed by atoms with van der Waals surface area (Å²) in [5, 5.41) is 3.28. The predicted octanol–water partition coefficient (Wildman–Crippen LogP) is 0.622. The van der Waals surface area contributed by atoms with E-state index in [-0.39, 0.29) is 17.5 Å². The standard InChI is InChI=1S/C11H22N2O2/c1-9(8-15-4)13(3)10(14)11(2)6-5-7-12-11/h9,12H,5-8H2,1-4H3. The summed E-state index contributed by atoms with van der Waals surface area (Å²) in [7, 11) is 3.50. The summed E-state index contributed by atoms with van der Waals surface area (Å²) in [4.78, 5) is 14.0. The highest BCUT2D eigenvalue weighted by Gasteiger charge is 2.38. The lowest BCUT2D eigenvalue weighted by atomic mass is 9.98. The second-order valence-electron chi connectivity index (χ2n) is 4.58. The van der Waals surface area contributed by atoms with Gasteiger partial charge in [-0.2, -0.15) is 0 Å². The Balaban J connectivity index is 2.58. The second kappa shape index (κ2) is 4.94. The summed E-state index contributed by atoms with van der Waals surface area (Å²) in [6.07, 6.45) is 2.00. The van der Waals surface area contributed by atoms with Gasteiger partial charge in [-0.25, -0.2) is 0 Å². The van der Waals surface area contributed by atoms with Gasteiger partial charge in [0.25, 0.3) is 0 Å². The van der Waals surface area contributed by atoms with E-state index in [4.69, 9.17) is 4.74 Å². The van der Waals surface area contributed by atoms with E-state index >= 15 is 0 Å². The van der Waals surface area contributed by atoms with Crippen molar-refractivity contribution < 1.29 is 9.53 Å². The number of methoxy groups -OCH3 is 1. The maximum absolute atomic E-state index is 12.2. The minimum Gasteiger partial charge on any atom is -0.383 e. The van der Waals surface area contributed by atoms with Crippen LogP contribution in [0.2, 0.25) is 0 Å². The van der Waals surface area contributed by atoms with Gasteiger partial charge in [-0.3, -0.25) is 4.79 Å². The van der Waals surface area contributed by atoms with Crippen molar-refractivity contribution in [3.05, 3.63) is 0 Å². The summed E-state index contributed by atoms with van der Waals surface area (Å²) in [6, 6.07) is 0.127. The molecular weight excluding hydrogens is 192 g/mol. The molecule has 1 fully saturated rings. The number of amides is 1. The average molecular weight is 214 g/mol. The molecule has 4 nitrogen and oxygen atoms in total. The molecule has 1 heterocycles. The predicted molar refractivity (Wildman–Crippen MR) is 59.7 cm³/mol. The number of nitrogens with one attached hydrogen (secondary N) is 1. The Bertz CT molecular complexity index is 225. The van der Waals surface area contributed by atoms with Crippen LogP contribution < -0.4 is 5.32 Å². The van der Waals surface area contributed by atoms with Gasteiger partial charge in [0.15, 0.2) is 0 Å². The highest BCUT2D eigenvalue weighted by molar-refractivity contribution is 5.86. The van der Waals surface area contributed by atoms with E-state index in [0.717, 1.165) is 19.4 Å². The zero-order valence-corrected chi connectivity index (χ0v) is 10.2. The summed E-state index contributed by atoms with van der Waals surface area (Å²) >= 11 is 0. The normalized spacial score (nSPS) is 27.7. The molecule has 0 bridgehead atoms. The van der Waals surface area contributed by atoms with E-state index in [9.17, 15) is 4.79 Å². The number of ether oxygens (including phenoxy) is 1. The molecule has 1 aliphatic rings. The zero-order chi connectivity index (χ0) is 11.5. The molecule has 0 saturated carbocycles. The van der Waals surface area contributed by atoms with Crippen LogP contribution in [0.15, 0.2) is 0 Å². The van der Waals surface area contributed by atoms with E-state index in [1.165, 1.54) is 0 Å². The quantitative estimate of drug-likeness (QED) is 0.746. The lowest BCUT2D eigenvalue weighted by Crippen LogP contribution is -2.54. The first kappa shape index (κ1) is 12.5. The van der Waals surface area contributed by atoms with Gasteiger partial charge in [0.05, 0.1) is 18.2 Å². The van der Waals surface area contributed by atoms with Gasteiger partial charge in [0, 0.05) is 14.2 Å². The van der Waals surface area contributed by atoms with Crippen LogP contribution in [0, 0.1) is 0 Å². The Morgan fingerprint density at radius 2 is 2.33 bits per heavy atom. The van der Waals surface area contributed by atoms with Crippen LogP contribution in [0.5, 0.6) is 0 Å². The van der Waals surface area contributed by atoms with Gasteiger partial charge in [0.1, 0.15) is 0 Å². The van der Waals surface area contributed by atoms with Crippen LogP contribution in [0.1, 0.15) is 26.7 Å². The van der Waals surface area contributed by atoms with Crippen molar-refractivity contribution in [1.29, 1.82) is 0 Å². The number of carbonyl (C=O) groups is 1. The first-order valence-corrected chi connectivity index (χ1v) is 5.52. The summed E-state index contributed by atoms with van der Waals surface area (Å²) in [5.41, 5.74) is -0.364. The van der Waals surface area contributed by atoms with Crippen LogP contribution in [0.3, 0.4) is 0 Å². The van der Waals surface area contributed by atoms with Crippen molar-refractivity contribution in [2.75, 3.05) is 27.3 Å². The van der Waals surface area contributed by atoms with E-state index in [0.29, 0.717) is 6.61 Å². The minimum absolute atomic E-state index is 0.127. The molecule has 1 amide bonds. The molecule has 88 valence electrons. The van der Waals surface area contributed by atoms with E-state index < -0.39 is 0 Å². The molecule has 1 rings (SSSR count). The second-order valence-corrected chi connectivity index (χ2v) is 4.58. The lowest BCUT2D eigenvalue weighted by molar-refractivity contribution is -0.138. The SMILES string of the molecule is COCC(C)N(C)C(=O)C1(C)CCCN1. The molecule has 1 saturated heterocycles. The van der Waals surface area contributed by atoms with E-state index in [2.05, 4.69) is 5.32 Å². The van der Waals surface area contributed by atoms with Crippen molar-refractivity contribution in [3.63, 3.8) is 0 Å². The van der Waals surface area contributed by atoms with Crippen molar-refractivity contribution in [2.24, 2.45) is 0 Å². The largest absolute Gasteiger partial charge is 0.383 e. The fraction of sp³-hybridized carbons (Fsp3) is 0.909. The lowest BCUT2D eigenvalue weighted by Gasteiger charge is -2.32. The third-order valence-electron chi connectivity index (χ3n) is 3.23. The molecular formula is C11H22N2O2. The maximum atomic E-state index is 12.2. The Morgan fingerprint density at radius 1 is 1.67 bits per heavy atom. The topological polar surface area (TPSA) is 41.6 Å². The molecule has 0 spiro atoms. The van der Waals surface area contributed by atoms with Crippen LogP contribution >= 0.6 is 0 Å². The molecule has 0 aromatic rings. The van der Waals surface area contributed by atoms with Gasteiger partial charge in [-0.15, -0.1) is 0 Å². The number of carbonyl (C=O) groups excluding carboxylic acids is 1. The van der Waals surface area contributed by atoms with Crippen LogP contribution in [-0.4, -0.2) is 49.7 Å². The zero-order valence-electron chi connectivity index (χ0n) is 10.2. The van der Waals surface area contributed by atoms with Crippen molar-refractivity contribution in [1.82, 2.24) is 10.2 Å². The van der Waals surface area contributed by atoms with E-state index in [1.807, 2.05) is 20.9 Å².